The third-order valence-corrected chi connectivity index (χ3v) is 7.03. The Morgan fingerprint density at radius 1 is 1.20 bits per heavy atom. The molecular formula is C18H22F3N5O3S. The van der Waals surface area contributed by atoms with Crippen LogP contribution in [0.15, 0.2) is 29.2 Å². The number of piperazine rings is 1. The number of anilines is 1. The van der Waals surface area contributed by atoms with Crippen molar-refractivity contribution < 1.29 is 26.4 Å². The Labute approximate surface area is 172 Å². The van der Waals surface area contributed by atoms with Crippen LogP contribution in [-0.4, -0.2) is 59.0 Å². The van der Waals surface area contributed by atoms with E-state index in [2.05, 4.69) is 5.10 Å². The number of nitrogens with two attached hydrogens (primary N) is 1. The van der Waals surface area contributed by atoms with Crippen LogP contribution in [0.5, 0.6) is 0 Å². The molecule has 1 aromatic heterocycles. The number of nitrogens with zero attached hydrogens (tertiary/aromatic N) is 4. The van der Waals surface area contributed by atoms with Gasteiger partial charge < -0.3 is 10.6 Å². The number of amides is 1. The molecule has 1 aromatic carbocycles. The van der Waals surface area contributed by atoms with E-state index in [-0.39, 0.29) is 41.8 Å². The van der Waals surface area contributed by atoms with Gasteiger partial charge in [-0.3, -0.25) is 9.48 Å². The summed E-state index contributed by atoms with van der Waals surface area (Å²) >= 11 is 0. The Morgan fingerprint density at radius 2 is 1.80 bits per heavy atom. The van der Waals surface area contributed by atoms with Gasteiger partial charge in [0.2, 0.25) is 10.0 Å². The maximum atomic E-state index is 12.9. The zero-order valence-electron chi connectivity index (χ0n) is 16.6. The van der Waals surface area contributed by atoms with E-state index in [0.717, 1.165) is 24.3 Å². The summed E-state index contributed by atoms with van der Waals surface area (Å²) < 4.78 is 66.5. The average Bonchev–Trinajstić information content (AvgIpc) is 2.92. The first-order valence-electron chi connectivity index (χ1n) is 9.11. The number of alkyl halides is 3. The second kappa shape index (κ2) is 7.58. The molecule has 3 rings (SSSR count). The molecule has 2 heterocycles. The molecule has 1 fully saturated rings. The molecule has 2 aromatic rings. The number of rotatable bonds is 3. The first kappa shape index (κ1) is 22.1. The SMILES string of the molecule is Cc1nn(C)c(N)c1C(=O)N1CCN(S(=O)(=O)c2ccc(C(F)(F)F)cc2)CC1C. The minimum Gasteiger partial charge on any atom is -0.383 e. The quantitative estimate of drug-likeness (QED) is 0.777. The highest BCUT2D eigenvalue weighted by Crippen LogP contribution is 2.30. The molecule has 0 aliphatic carbocycles. The molecule has 164 valence electrons. The second-order valence-electron chi connectivity index (χ2n) is 7.20. The van der Waals surface area contributed by atoms with E-state index in [4.69, 9.17) is 5.73 Å². The van der Waals surface area contributed by atoms with Crippen LogP contribution in [0.25, 0.3) is 0 Å². The summed E-state index contributed by atoms with van der Waals surface area (Å²) in [7, 11) is -2.37. The number of aromatic nitrogens is 2. The topological polar surface area (TPSA) is 102 Å². The van der Waals surface area contributed by atoms with Gasteiger partial charge in [0, 0.05) is 32.7 Å². The lowest BCUT2D eigenvalue weighted by molar-refractivity contribution is -0.137. The fourth-order valence-corrected chi connectivity index (χ4v) is 5.01. The first-order valence-corrected chi connectivity index (χ1v) is 10.6. The molecule has 1 saturated heterocycles. The van der Waals surface area contributed by atoms with Gasteiger partial charge in [-0.1, -0.05) is 0 Å². The molecule has 0 spiro atoms. The predicted molar refractivity (Wildman–Crippen MR) is 103 cm³/mol. The van der Waals surface area contributed by atoms with Gasteiger partial charge in [0.15, 0.2) is 0 Å². The number of sulfonamides is 1. The van der Waals surface area contributed by atoms with Crippen molar-refractivity contribution >= 4 is 21.7 Å². The van der Waals surface area contributed by atoms with Crippen molar-refractivity contribution in [2.45, 2.75) is 31.0 Å². The molecule has 1 unspecified atom stereocenters. The van der Waals surface area contributed by atoms with Crippen LogP contribution in [0.1, 0.15) is 28.5 Å². The van der Waals surface area contributed by atoms with Crippen LogP contribution in [0.4, 0.5) is 19.0 Å². The zero-order chi connectivity index (χ0) is 22.4. The molecule has 0 saturated carbocycles. The molecule has 0 radical (unpaired) electrons. The van der Waals surface area contributed by atoms with E-state index >= 15 is 0 Å². The number of hydrogen-bond donors (Lipinski definition) is 1. The lowest BCUT2D eigenvalue weighted by Gasteiger charge is -2.39. The largest absolute Gasteiger partial charge is 0.416 e. The number of nitrogen functional groups attached to an aromatic ring is 1. The molecule has 2 N–H and O–H groups in total. The van der Waals surface area contributed by atoms with E-state index in [1.165, 1.54) is 13.9 Å². The van der Waals surface area contributed by atoms with Crippen molar-refractivity contribution in [2.24, 2.45) is 7.05 Å². The van der Waals surface area contributed by atoms with Gasteiger partial charge in [0.1, 0.15) is 11.4 Å². The fraction of sp³-hybridized carbons (Fsp3) is 0.444. The van der Waals surface area contributed by atoms with Crippen LogP contribution in [0.2, 0.25) is 0 Å². The van der Waals surface area contributed by atoms with Gasteiger partial charge in [0.25, 0.3) is 5.91 Å². The maximum Gasteiger partial charge on any atom is 0.416 e. The molecule has 1 aliphatic heterocycles. The zero-order valence-corrected chi connectivity index (χ0v) is 17.5. The second-order valence-corrected chi connectivity index (χ2v) is 9.14. The normalized spacial score (nSPS) is 18.6. The Balaban J connectivity index is 1.78. The molecule has 1 atom stereocenters. The number of carbonyl (C=O) groups excluding carboxylic acids is 1. The van der Waals surface area contributed by atoms with Gasteiger partial charge in [-0.2, -0.15) is 22.6 Å². The van der Waals surface area contributed by atoms with Crippen LogP contribution in [0, 0.1) is 6.92 Å². The molecule has 1 amide bonds. The molecule has 0 bridgehead atoms. The number of halogens is 3. The Kier molecular flexibility index (Phi) is 5.58. The standard InChI is InChI=1S/C18H22F3N5O3S/c1-11-10-25(30(28,29)14-6-4-13(5-7-14)18(19,20)21)8-9-26(11)17(27)15-12(2)23-24(3)16(15)22/h4-7,11H,8-10,22H2,1-3H3. The summed E-state index contributed by atoms with van der Waals surface area (Å²) in [5.74, 6) is -0.110. The highest BCUT2D eigenvalue weighted by atomic mass is 32.2. The number of aryl methyl sites for hydroxylation is 2. The summed E-state index contributed by atoms with van der Waals surface area (Å²) in [6, 6.07) is 2.91. The Bertz CT molecular complexity index is 1060. The Morgan fingerprint density at radius 3 is 2.27 bits per heavy atom. The molecule has 30 heavy (non-hydrogen) atoms. The van der Waals surface area contributed by atoms with Crippen molar-refractivity contribution in [1.82, 2.24) is 19.0 Å². The summed E-state index contributed by atoms with van der Waals surface area (Å²) in [5, 5.41) is 4.13. The number of hydrogen-bond acceptors (Lipinski definition) is 5. The summed E-state index contributed by atoms with van der Waals surface area (Å²) in [5.41, 5.74) is 5.78. The van der Waals surface area contributed by atoms with Crippen LogP contribution in [-0.2, 0) is 23.2 Å². The smallest absolute Gasteiger partial charge is 0.383 e. The lowest BCUT2D eigenvalue weighted by atomic mass is 10.1. The number of carbonyl (C=O) groups is 1. The van der Waals surface area contributed by atoms with Crippen molar-refractivity contribution in [3.05, 3.63) is 41.1 Å². The summed E-state index contributed by atoms with van der Waals surface area (Å²) in [4.78, 5) is 14.2. The van der Waals surface area contributed by atoms with E-state index in [9.17, 15) is 26.4 Å². The van der Waals surface area contributed by atoms with Crippen molar-refractivity contribution in [3.63, 3.8) is 0 Å². The van der Waals surface area contributed by atoms with E-state index in [1.807, 2.05) is 0 Å². The maximum absolute atomic E-state index is 12.9. The number of benzene rings is 1. The van der Waals surface area contributed by atoms with Gasteiger partial charge in [-0.15, -0.1) is 0 Å². The van der Waals surface area contributed by atoms with Gasteiger partial charge >= 0.3 is 6.18 Å². The molecule has 8 nitrogen and oxygen atoms in total. The summed E-state index contributed by atoms with van der Waals surface area (Å²) in [6.07, 6.45) is -4.55. The first-order chi connectivity index (χ1) is 13.8. The van der Waals surface area contributed by atoms with Gasteiger partial charge in [-0.25, -0.2) is 8.42 Å². The highest BCUT2D eigenvalue weighted by Gasteiger charge is 2.37. The lowest BCUT2D eigenvalue weighted by Crippen LogP contribution is -2.55. The third-order valence-electron chi connectivity index (χ3n) is 5.15. The fourth-order valence-electron chi connectivity index (χ4n) is 3.49. The van der Waals surface area contributed by atoms with Crippen LogP contribution < -0.4 is 5.73 Å². The molecule has 12 heteroatoms. The molecule has 1 aliphatic rings. The van der Waals surface area contributed by atoms with Crippen molar-refractivity contribution in [2.75, 3.05) is 25.4 Å². The van der Waals surface area contributed by atoms with Crippen molar-refractivity contribution in [3.8, 4) is 0 Å². The van der Waals surface area contributed by atoms with Crippen molar-refractivity contribution in [1.29, 1.82) is 0 Å². The molecular weight excluding hydrogens is 423 g/mol. The van der Waals surface area contributed by atoms with E-state index in [1.54, 1.807) is 20.9 Å². The van der Waals surface area contributed by atoms with Crippen LogP contribution in [0.3, 0.4) is 0 Å². The predicted octanol–water partition coefficient (Wildman–Crippen LogP) is 1.86. The van der Waals surface area contributed by atoms with Crippen LogP contribution >= 0.6 is 0 Å². The monoisotopic (exact) mass is 445 g/mol. The summed E-state index contributed by atoms with van der Waals surface area (Å²) in [6.45, 7) is 3.51. The minimum absolute atomic E-state index is 0.00824. The van der Waals surface area contributed by atoms with Gasteiger partial charge in [-0.05, 0) is 38.1 Å². The third kappa shape index (κ3) is 3.88. The minimum atomic E-state index is -4.55. The van der Waals surface area contributed by atoms with E-state index in [0.29, 0.717) is 5.69 Å². The Hall–Kier alpha value is -2.60. The average molecular weight is 445 g/mol. The van der Waals surface area contributed by atoms with Gasteiger partial charge in [0.05, 0.1) is 16.2 Å². The highest BCUT2D eigenvalue weighted by molar-refractivity contribution is 7.89. The van der Waals surface area contributed by atoms with E-state index < -0.39 is 27.8 Å².